The predicted octanol–water partition coefficient (Wildman–Crippen LogP) is 3.59. The first kappa shape index (κ1) is 21.2. The van der Waals surface area contributed by atoms with Crippen LogP contribution < -0.4 is 0 Å². The Kier molecular flexibility index (Phi) is 4.58. The van der Waals surface area contributed by atoms with Crippen LogP contribution in [0.1, 0.15) is 73.1 Å². The summed E-state index contributed by atoms with van der Waals surface area (Å²) >= 11 is 0. The van der Waals surface area contributed by atoms with Gasteiger partial charge in [0.15, 0.2) is 5.60 Å². The molecule has 0 aromatic rings. The minimum atomic E-state index is -1.22. The maximum Gasteiger partial charge on any atom is 0.312 e. The second-order valence-corrected chi connectivity index (χ2v) is 11.4. The molecule has 9 atom stereocenters. The summed E-state index contributed by atoms with van der Waals surface area (Å²) in [7, 11) is 0. The number of esters is 3. The number of carbonyl (C=O) groups excluding carboxylic acids is 3. The van der Waals surface area contributed by atoms with E-state index in [0.29, 0.717) is 23.2 Å². The van der Waals surface area contributed by atoms with Gasteiger partial charge in [0.2, 0.25) is 12.6 Å². The molecule has 0 aromatic heterocycles. The van der Waals surface area contributed by atoms with Crippen molar-refractivity contribution in [2.24, 2.45) is 40.4 Å². The van der Waals surface area contributed by atoms with Crippen LogP contribution in [0.5, 0.6) is 0 Å². The number of rotatable bonds is 3. The van der Waals surface area contributed by atoms with Gasteiger partial charge < -0.3 is 14.2 Å². The number of fused-ring (bicyclic) bond motifs is 4. The third-order valence-electron chi connectivity index (χ3n) is 9.26. The third-order valence-corrected chi connectivity index (χ3v) is 9.26. The van der Waals surface area contributed by atoms with Gasteiger partial charge in [0.25, 0.3) is 0 Å². The Labute approximate surface area is 183 Å². The summed E-state index contributed by atoms with van der Waals surface area (Å²) in [5.74, 6) is -0.0549. The lowest BCUT2D eigenvalue weighted by molar-refractivity contribution is -0.215. The molecule has 0 N–H and O–H groups in total. The number of hydrogen-bond donors (Lipinski definition) is 0. The maximum atomic E-state index is 12.3. The van der Waals surface area contributed by atoms with Crippen molar-refractivity contribution in [2.45, 2.75) is 91.3 Å². The lowest BCUT2D eigenvalue weighted by Gasteiger charge is -2.54. The molecule has 7 heteroatoms. The standard InChI is InChI=1S/C24H34O7/c1-12(25)28-20-19(24(31-13(2)26)11-16(27)29-21(24)30-20)17-14-7-8-15-22(3,4)9-6-10-23(15,5)18(14)17/h14-15,17-21H,6-11H2,1-5H3/t14-,15?,17+,18-,19-,20-,21+,23+,24+/m1/s1. The molecule has 5 rings (SSSR count). The van der Waals surface area contributed by atoms with Gasteiger partial charge in [0.1, 0.15) is 0 Å². The normalized spacial score (nSPS) is 49.3. The first-order valence-corrected chi connectivity index (χ1v) is 11.7. The highest BCUT2D eigenvalue weighted by Crippen LogP contribution is 2.75. The van der Waals surface area contributed by atoms with E-state index in [2.05, 4.69) is 20.8 Å². The van der Waals surface area contributed by atoms with Crippen LogP contribution in [0.25, 0.3) is 0 Å². The summed E-state index contributed by atoms with van der Waals surface area (Å²) < 4.78 is 22.7. The minimum Gasteiger partial charge on any atom is -0.451 e. The Hall–Kier alpha value is -1.63. The van der Waals surface area contributed by atoms with Crippen molar-refractivity contribution in [3.63, 3.8) is 0 Å². The molecule has 1 unspecified atom stereocenters. The molecule has 0 amide bonds. The average Bonchev–Trinajstić information content (AvgIpc) is 3.17. The van der Waals surface area contributed by atoms with Crippen molar-refractivity contribution in [1.29, 1.82) is 0 Å². The van der Waals surface area contributed by atoms with E-state index in [1.165, 1.54) is 39.5 Å². The van der Waals surface area contributed by atoms with E-state index >= 15 is 0 Å². The Morgan fingerprint density at radius 2 is 1.77 bits per heavy atom. The van der Waals surface area contributed by atoms with E-state index in [0.717, 1.165) is 6.42 Å². The first-order valence-electron chi connectivity index (χ1n) is 11.7. The number of ether oxygens (including phenoxy) is 4. The average molecular weight is 435 g/mol. The van der Waals surface area contributed by atoms with E-state index < -0.39 is 42.0 Å². The van der Waals surface area contributed by atoms with Crippen LogP contribution in [0.3, 0.4) is 0 Å². The molecule has 2 aliphatic heterocycles. The Morgan fingerprint density at radius 1 is 1.03 bits per heavy atom. The van der Waals surface area contributed by atoms with Crippen LogP contribution >= 0.6 is 0 Å². The molecule has 0 aromatic carbocycles. The van der Waals surface area contributed by atoms with Crippen molar-refractivity contribution >= 4 is 17.9 Å². The van der Waals surface area contributed by atoms with Crippen molar-refractivity contribution in [1.82, 2.24) is 0 Å². The van der Waals surface area contributed by atoms with Gasteiger partial charge in [-0.1, -0.05) is 27.2 Å². The van der Waals surface area contributed by atoms with E-state index in [1.807, 2.05) is 0 Å². The molecule has 0 radical (unpaired) electrons. The van der Waals surface area contributed by atoms with Gasteiger partial charge >= 0.3 is 17.9 Å². The molecule has 5 fully saturated rings. The Morgan fingerprint density at radius 3 is 2.45 bits per heavy atom. The lowest BCUT2D eigenvalue weighted by atomic mass is 9.51. The molecule has 2 heterocycles. The Bertz CT molecular complexity index is 821. The Balaban J connectivity index is 1.53. The van der Waals surface area contributed by atoms with Crippen molar-refractivity contribution in [3.8, 4) is 0 Å². The van der Waals surface area contributed by atoms with Gasteiger partial charge in [-0.05, 0) is 60.2 Å². The van der Waals surface area contributed by atoms with E-state index in [4.69, 9.17) is 18.9 Å². The largest absolute Gasteiger partial charge is 0.451 e. The molecule has 31 heavy (non-hydrogen) atoms. The zero-order valence-electron chi connectivity index (χ0n) is 19.1. The number of hydrogen-bond acceptors (Lipinski definition) is 7. The molecule has 3 saturated carbocycles. The van der Waals surface area contributed by atoms with E-state index in [1.54, 1.807) is 0 Å². The SMILES string of the molecule is CC(=O)O[C@@H]1O[C@@H]2OC(=O)C[C@]2(OC(C)=O)[C@@H]1[C@H]1[C@H]2CCC3C(C)(C)CCC[C@]3(C)[C@H]21. The predicted molar refractivity (Wildman–Crippen MR) is 108 cm³/mol. The first-order chi connectivity index (χ1) is 14.5. The van der Waals surface area contributed by atoms with Crippen LogP contribution in [0.15, 0.2) is 0 Å². The molecule has 172 valence electrons. The summed E-state index contributed by atoms with van der Waals surface area (Å²) in [6.07, 6.45) is 4.00. The maximum absolute atomic E-state index is 12.3. The van der Waals surface area contributed by atoms with Crippen molar-refractivity contribution in [3.05, 3.63) is 0 Å². The van der Waals surface area contributed by atoms with E-state index in [9.17, 15) is 14.4 Å². The highest BCUT2D eigenvalue weighted by molar-refractivity contribution is 5.76. The molecule has 7 nitrogen and oxygen atoms in total. The molecular formula is C24H34O7. The van der Waals surface area contributed by atoms with Crippen LogP contribution in [0.4, 0.5) is 0 Å². The summed E-state index contributed by atoms with van der Waals surface area (Å²) in [6.45, 7) is 9.91. The molecule has 2 saturated heterocycles. The van der Waals surface area contributed by atoms with Gasteiger partial charge in [-0.3, -0.25) is 19.1 Å². The molecule has 0 spiro atoms. The monoisotopic (exact) mass is 434 g/mol. The number of carbonyl (C=O) groups is 3. The van der Waals surface area contributed by atoms with Gasteiger partial charge in [-0.2, -0.15) is 0 Å². The summed E-state index contributed by atoms with van der Waals surface area (Å²) in [4.78, 5) is 36.2. The summed E-state index contributed by atoms with van der Waals surface area (Å²) in [5, 5.41) is 0. The van der Waals surface area contributed by atoms with Gasteiger partial charge in [0.05, 0.1) is 12.3 Å². The molecule has 5 aliphatic rings. The highest BCUT2D eigenvalue weighted by Gasteiger charge is 2.77. The zero-order valence-corrected chi connectivity index (χ0v) is 19.1. The van der Waals surface area contributed by atoms with Gasteiger partial charge in [0, 0.05) is 13.8 Å². The van der Waals surface area contributed by atoms with Crippen molar-refractivity contribution < 1.29 is 33.3 Å². The minimum absolute atomic E-state index is 0.0543. The quantitative estimate of drug-likeness (QED) is 0.495. The van der Waals surface area contributed by atoms with Crippen LogP contribution in [-0.4, -0.2) is 36.1 Å². The topological polar surface area (TPSA) is 88.1 Å². The van der Waals surface area contributed by atoms with Crippen LogP contribution in [0.2, 0.25) is 0 Å². The van der Waals surface area contributed by atoms with Crippen LogP contribution in [-0.2, 0) is 33.3 Å². The summed E-state index contributed by atoms with van der Waals surface area (Å²) in [5.41, 5.74) is -0.731. The fourth-order valence-corrected chi connectivity index (χ4v) is 8.45. The second-order valence-electron chi connectivity index (χ2n) is 11.4. The fraction of sp³-hybridized carbons (Fsp3) is 0.875. The molecular weight excluding hydrogens is 400 g/mol. The fourth-order valence-electron chi connectivity index (χ4n) is 8.45. The highest BCUT2D eigenvalue weighted by atomic mass is 16.8. The van der Waals surface area contributed by atoms with Crippen LogP contribution in [0, 0.1) is 40.4 Å². The zero-order chi connectivity index (χ0) is 22.3. The molecule has 3 aliphatic carbocycles. The van der Waals surface area contributed by atoms with Crippen molar-refractivity contribution in [2.75, 3.05) is 0 Å². The third kappa shape index (κ3) is 2.98. The summed E-state index contributed by atoms with van der Waals surface area (Å²) in [6, 6.07) is 0. The molecule has 0 bridgehead atoms. The smallest absolute Gasteiger partial charge is 0.312 e. The second kappa shape index (κ2) is 6.69. The van der Waals surface area contributed by atoms with Gasteiger partial charge in [-0.25, -0.2) is 0 Å². The van der Waals surface area contributed by atoms with Gasteiger partial charge in [-0.15, -0.1) is 0 Å². The lowest BCUT2D eigenvalue weighted by Crippen LogP contribution is -2.48. The van der Waals surface area contributed by atoms with E-state index in [-0.39, 0.29) is 17.8 Å².